The number of rotatable bonds is 10. The fourth-order valence-corrected chi connectivity index (χ4v) is 9.88. The summed E-state index contributed by atoms with van der Waals surface area (Å²) in [7, 11) is 0.605. The van der Waals surface area contributed by atoms with Crippen molar-refractivity contribution in [3.05, 3.63) is 156 Å². The van der Waals surface area contributed by atoms with Crippen LogP contribution in [0.2, 0.25) is 10.0 Å². The third kappa shape index (κ3) is 9.98. The van der Waals surface area contributed by atoms with Crippen molar-refractivity contribution in [3.8, 4) is 0 Å². The first-order valence-corrected chi connectivity index (χ1v) is 23.2. The number of benzene rings is 4. The second kappa shape index (κ2) is 18.5. The Morgan fingerprint density at radius 1 is 0.705 bits per heavy atom. The fourth-order valence-electron chi connectivity index (χ4n) is 8.91. The molecule has 0 aliphatic carbocycles. The van der Waals surface area contributed by atoms with Crippen molar-refractivity contribution in [2.75, 3.05) is 53.1 Å². The predicted octanol–water partition coefficient (Wildman–Crippen LogP) is 6.29. The number of hydrogen-bond donors (Lipinski definition) is 5. The molecule has 2 aliphatic heterocycles. The first kappa shape index (κ1) is 44.7. The van der Waals surface area contributed by atoms with E-state index in [9.17, 15) is 28.2 Å². The van der Waals surface area contributed by atoms with Crippen molar-refractivity contribution in [1.29, 1.82) is 0 Å². The normalized spacial score (nSPS) is 17.4. The average molecular weight is 887 g/mol. The minimum absolute atomic E-state index is 0.0754. The van der Waals surface area contributed by atoms with Crippen LogP contribution in [0.5, 0.6) is 0 Å². The van der Waals surface area contributed by atoms with Gasteiger partial charge in [0, 0.05) is 63.3 Å². The molecule has 0 saturated carbocycles. The number of aromatic nitrogens is 2. The second-order valence-electron chi connectivity index (χ2n) is 16.7. The number of pyridine rings is 2. The molecule has 0 spiro atoms. The Morgan fingerprint density at radius 3 is 1.85 bits per heavy atom. The Labute approximate surface area is 366 Å². The zero-order valence-corrected chi connectivity index (χ0v) is 37.0. The van der Waals surface area contributed by atoms with Crippen LogP contribution < -0.4 is 21.8 Å². The highest BCUT2D eigenvalue weighted by atomic mass is 35.5. The molecule has 0 radical (unpaired) electrons. The van der Waals surface area contributed by atoms with E-state index in [0.29, 0.717) is 90.5 Å². The molecule has 4 heterocycles. The highest BCUT2D eigenvalue weighted by Crippen LogP contribution is 2.41. The number of aromatic amines is 1. The SMILES string of the molecule is CN(C)CCn1c(=O)c(C(c2ccc(Cl)cc2)C2(O)CCNCC2)cc2cc(Cl)ccc21.CS(=O)(=O)c1ccc2[nH]c(=O)c(C(c3ccccc3)C3(O)CCNCC3)cc2c1. The Bertz CT molecular complexity index is 2730. The van der Waals surface area contributed by atoms with Crippen LogP contribution in [-0.4, -0.2) is 97.4 Å². The fraction of sp³-hybridized carbons (Fsp3) is 0.362. The summed E-state index contributed by atoms with van der Waals surface area (Å²) in [6.45, 7) is 4.02. The standard InChI is InChI=1S/C25H29Cl2N3O2.C22H24N2O4S/c1-29(2)13-14-30-22-8-7-20(27)15-18(22)16-21(24(30)31)23(17-3-5-19(26)6-4-17)25(32)9-11-28-12-10-25;1-29(27,28)17-7-8-19-16(13-17)14-18(21(25)24-19)20(15-5-3-2-4-6-15)22(26)9-11-23-12-10-22/h3-8,15-16,23,28,32H,9-14H2,1-2H3;2-8,13-14,20,23,26H,9-12H2,1H3,(H,24,25). The van der Waals surface area contributed by atoms with Gasteiger partial charge in [0.25, 0.3) is 11.1 Å². The highest BCUT2D eigenvalue weighted by Gasteiger charge is 2.42. The highest BCUT2D eigenvalue weighted by molar-refractivity contribution is 7.90. The lowest BCUT2D eigenvalue weighted by molar-refractivity contribution is -0.00565. The molecule has 0 amide bonds. The molecule has 2 fully saturated rings. The molecule has 2 aliphatic rings. The van der Waals surface area contributed by atoms with Crippen LogP contribution in [0.25, 0.3) is 21.8 Å². The van der Waals surface area contributed by atoms with Gasteiger partial charge < -0.3 is 35.3 Å². The van der Waals surface area contributed by atoms with E-state index in [4.69, 9.17) is 23.2 Å². The van der Waals surface area contributed by atoms with Gasteiger partial charge in [-0.05, 0) is 143 Å². The topological polar surface area (TPSA) is 157 Å². The zero-order valence-electron chi connectivity index (χ0n) is 34.6. The molecule has 5 N–H and O–H groups in total. The van der Waals surface area contributed by atoms with Gasteiger partial charge in [-0.1, -0.05) is 65.7 Å². The first-order valence-electron chi connectivity index (χ1n) is 20.6. The lowest BCUT2D eigenvalue weighted by Gasteiger charge is -2.40. The largest absolute Gasteiger partial charge is 0.389 e. The monoisotopic (exact) mass is 885 g/mol. The molecule has 6 aromatic rings. The van der Waals surface area contributed by atoms with Crippen molar-refractivity contribution in [2.24, 2.45) is 0 Å². The van der Waals surface area contributed by atoms with Gasteiger partial charge in [0.05, 0.1) is 21.6 Å². The smallest absolute Gasteiger partial charge is 0.255 e. The average Bonchev–Trinajstić information content (AvgIpc) is 3.22. The number of likely N-dealkylation sites (N-methyl/N-ethyl adjacent to an activating group) is 1. The maximum absolute atomic E-state index is 13.9. The van der Waals surface area contributed by atoms with Crippen molar-refractivity contribution in [2.45, 2.75) is 60.2 Å². The molecule has 0 bridgehead atoms. The van der Waals surface area contributed by atoms with Crippen LogP contribution in [-0.2, 0) is 16.4 Å². The van der Waals surface area contributed by atoms with E-state index in [1.54, 1.807) is 18.2 Å². The molecule has 8 rings (SSSR count). The molecule has 2 atom stereocenters. The number of nitrogens with one attached hydrogen (secondary N) is 3. The Morgan fingerprint density at radius 2 is 1.26 bits per heavy atom. The zero-order chi connectivity index (χ0) is 43.5. The van der Waals surface area contributed by atoms with E-state index in [1.165, 1.54) is 6.07 Å². The molecule has 2 aromatic heterocycles. The first-order chi connectivity index (χ1) is 29.1. The van der Waals surface area contributed by atoms with E-state index in [2.05, 4.69) is 20.5 Å². The van der Waals surface area contributed by atoms with E-state index in [1.807, 2.05) is 97.5 Å². The van der Waals surface area contributed by atoms with Crippen molar-refractivity contribution in [3.63, 3.8) is 0 Å². The lowest BCUT2D eigenvalue weighted by Crippen LogP contribution is -2.48. The van der Waals surface area contributed by atoms with Crippen LogP contribution >= 0.6 is 23.2 Å². The van der Waals surface area contributed by atoms with Crippen molar-refractivity contribution >= 4 is 54.8 Å². The van der Waals surface area contributed by atoms with Crippen molar-refractivity contribution in [1.82, 2.24) is 25.1 Å². The Balaban J connectivity index is 0.000000185. The summed E-state index contributed by atoms with van der Waals surface area (Å²) in [4.78, 5) is 32.0. The maximum Gasteiger partial charge on any atom is 0.255 e. The van der Waals surface area contributed by atoms with Crippen molar-refractivity contribution < 1.29 is 18.6 Å². The molecule has 4 aromatic carbocycles. The van der Waals surface area contributed by atoms with Crippen LogP contribution in [0, 0.1) is 0 Å². The summed E-state index contributed by atoms with van der Waals surface area (Å²) in [6.07, 6.45) is 3.32. The summed E-state index contributed by atoms with van der Waals surface area (Å²) >= 11 is 12.5. The number of fused-ring (bicyclic) bond motifs is 2. The second-order valence-corrected chi connectivity index (χ2v) is 19.6. The van der Waals surface area contributed by atoms with Gasteiger partial charge in [0.2, 0.25) is 0 Å². The summed E-state index contributed by atoms with van der Waals surface area (Å²) in [5.41, 5.74) is 1.74. The van der Waals surface area contributed by atoms with Crippen LogP contribution in [0.15, 0.2) is 118 Å². The van der Waals surface area contributed by atoms with Crippen LogP contribution in [0.4, 0.5) is 0 Å². The minimum atomic E-state index is -3.37. The third-order valence-corrected chi connectivity index (χ3v) is 13.7. The maximum atomic E-state index is 13.9. The van der Waals surface area contributed by atoms with Gasteiger partial charge in [0.1, 0.15) is 0 Å². The van der Waals surface area contributed by atoms with Gasteiger partial charge >= 0.3 is 0 Å². The molecule has 14 heteroatoms. The molecule has 61 heavy (non-hydrogen) atoms. The van der Waals surface area contributed by atoms with E-state index in [0.717, 1.165) is 34.8 Å². The molecular weight excluding hydrogens is 834 g/mol. The number of aliphatic hydroxyl groups is 2. The predicted molar refractivity (Wildman–Crippen MR) is 245 cm³/mol. The Kier molecular flexibility index (Phi) is 13.6. The van der Waals surface area contributed by atoms with E-state index in [-0.39, 0.29) is 16.0 Å². The van der Waals surface area contributed by atoms with E-state index < -0.39 is 32.9 Å². The van der Waals surface area contributed by atoms with Gasteiger partial charge in [-0.3, -0.25) is 9.59 Å². The van der Waals surface area contributed by atoms with Crippen LogP contribution in [0.1, 0.15) is 59.8 Å². The lowest BCUT2D eigenvalue weighted by atomic mass is 9.72. The molecular formula is C47H53Cl2N5O6S. The third-order valence-electron chi connectivity index (χ3n) is 12.1. The molecule has 2 saturated heterocycles. The summed E-state index contributed by atoms with van der Waals surface area (Å²) in [5, 5.41) is 32.7. The number of sulfone groups is 1. The summed E-state index contributed by atoms with van der Waals surface area (Å²) < 4.78 is 25.7. The number of H-pyrrole nitrogens is 1. The molecule has 11 nitrogen and oxygen atoms in total. The molecule has 322 valence electrons. The van der Waals surface area contributed by atoms with E-state index >= 15 is 0 Å². The molecule has 2 unspecified atom stereocenters. The number of piperidine rings is 2. The number of nitrogens with zero attached hydrogens (tertiary/aromatic N) is 2. The van der Waals surface area contributed by atoms with Gasteiger partial charge in [-0.15, -0.1) is 0 Å². The van der Waals surface area contributed by atoms with Gasteiger partial charge in [0.15, 0.2) is 9.84 Å². The summed E-state index contributed by atoms with van der Waals surface area (Å²) in [6, 6.07) is 30.9. The quantitative estimate of drug-likeness (QED) is 0.107. The minimum Gasteiger partial charge on any atom is -0.389 e. The van der Waals surface area contributed by atoms with Crippen LogP contribution in [0.3, 0.4) is 0 Å². The number of halogens is 2. The summed E-state index contributed by atoms with van der Waals surface area (Å²) in [5.74, 6) is -0.982. The van der Waals surface area contributed by atoms with Gasteiger partial charge in [-0.25, -0.2) is 8.42 Å². The van der Waals surface area contributed by atoms with Gasteiger partial charge in [-0.2, -0.15) is 0 Å². The number of hydrogen-bond acceptors (Lipinski definition) is 9. The Hall–Kier alpha value is -4.37.